The van der Waals surface area contributed by atoms with Crippen molar-refractivity contribution in [1.82, 2.24) is 10.4 Å². The Morgan fingerprint density at radius 3 is 2.29 bits per heavy atom. The van der Waals surface area contributed by atoms with E-state index in [9.17, 15) is 19.6 Å². The molecule has 1 saturated heterocycles. The molecule has 10 heteroatoms. The molecular weight excluding hydrogens is 571 g/mol. The van der Waals surface area contributed by atoms with Crippen LogP contribution in [-0.2, 0) is 9.47 Å². The van der Waals surface area contributed by atoms with Gasteiger partial charge < -0.3 is 24.3 Å². The van der Waals surface area contributed by atoms with Gasteiger partial charge in [-0.1, -0.05) is 74.4 Å². The van der Waals surface area contributed by atoms with Crippen molar-refractivity contribution in [2.45, 2.75) is 73.1 Å². The number of hydrazine groups is 1. The molecule has 2 unspecified atom stereocenters. The van der Waals surface area contributed by atoms with E-state index in [1.807, 2.05) is 83.1 Å². The number of aryl methyl sites for hydroxylation is 2. The Hall–Kier alpha value is -3.70. The number of carbonyl (C=O) groups excluding carboxylic acids is 2. The summed E-state index contributed by atoms with van der Waals surface area (Å²) in [5.41, 5.74) is 6.40. The minimum Gasteiger partial charge on any atom is -0.491 e. The van der Waals surface area contributed by atoms with E-state index in [-0.39, 0.29) is 42.2 Å². The summed E-state index contributed by atoms with van der Waals surface area (Å²) in [4.78, 5) is 28.3. The molecule has 0 aromatic heterocycles. The van der Waals surface area contributed by atoms with Crippen LogP contribution in [0.1, 0.15) is 89.0 Å². The van der Waals surface area contributed by atoms with Gasteiger partial charge >= 0.3 is 7.12 Å². The molecule has 240 valence electrons. The van der Waals surface area contributed by atoms with Gasteiger partial charge in [0.05, 0.1) is 12.6 Å². The summed E-state index contributed by atoms with van der Waals surface area (Å²) in [7, 11) is -1.82. The zero-order chi connectivity index (χ0) is 32.7. The quantitative estimate of drug-likeness (QED) is 0.170. The molecule has 4 rings (SSSR count). The molecule has 3 N–H and O–H groups in total. The topological polar surface area (TPSA) is 118 Å². The van der Waals surface area contributed by atoms with Gasteiger partial charge in [-0.15, -0.1) is 0 Å². The first-order valence-electron chi connectivity index (χ1n) is 15.5. The van der Waals surface area contributed by atoms with Crippen molar-refractivity contribution < 1.29 is 33.8 Å². The highest BCUT2D eigenvalue weighted by Crippen LogP contribution is 2.38. The predicted molar refractivity (Wildman–Crippen MR) is 174 cm³/mol. The van der Waals surface area contributed by atoms with E-state index >= 15 is 0 Å². The highest BCUT2D eigenvalue weighted by atomic mass is 16.7. The van der Waals surface area contributed by atoms with Gasteiger partial charge in [0.15, 0.2) is 6.29 Å². The fraction of sp³-hybridized carbons (Fsp3) is 0.429. The van der Waals surface area contributed by atoms with Crippen molar-refractivity contribution in [2.24, 2.45) is 5.41 Å². The van der Waals surface area contributed by atoms with Crippen LogP contribution in [0.2, 0.25) is 0 Å². The maximum absolute atomic E-state index is 14.3. The molecule has 0 aliphatic carbocycles. The van der Waals surface area contributed by atoms with E-state index in [1.165, 1.54) is 17.1 Å². The molecule has 1 heterocycles. The van der Waals surface area contributed by atoms with Crippen LogP contribution in [0.3, 0.4) is 0 Å². The predicted octanol–water partition coefficient (Wildman–Crippen LogP) is 4.79. The first-order valence-corrected chi connectivity index (χ1v) is 15.5. The number of rotatable bonds is 10. The molecule has 3 aromatic carbocycles. The van der Waals surface area contributed by atoms with Crippen LogP contribution in [0.5, 0.6) is 5.75 Å². The van der Waals surface area contributed by atoms with Gasteiger partial charge in [0.1, 0.15) is 12.4 Å². The molecule has 1 aliphatic heterocycles. The molecule has 0 radical (unpaired) electrons. The lowest BCUT2D eigenvalue weighted by Gasteiger charge is -2.40. The average molecular weight is 617 g/mol. The minimum absolute atomic E-state index is 0.114. The van der Waals surface area contributed by atoms with Gasteiger partial charge in [0.25, 0.3) is 11.8 Å². The van der Waals surface area contributed by atoms with E-state index in [0.717, 1.165) is 36.0 Å². The van der Waals surface area contributed by atoms with Crippen LogP contribution < -0.4 is 15.6 Å². The third kappa shape index (κ3) is 8.73. The summed E-state index contributed by atoms with van der Waals surface area (Å²) in [5.74, 6) is -0.711. The Bertz CT molecular complexity index is 1450. The molecule has 45 heavy (non-hydrogen) atoms. The van der Waals surface area contributed by atoms with Crippen LogP contribution in [0, 0.1) is 26.2 Å². The highest BCUT2D eigenvalue weighted by molar-refractivity contribution is 6.59. The second kappa shape index (κ2) is 15.1. The third-order valence-electron chi connectivity index (χ3n) is 7.83. The Balaban J connectivity index is 1.67. The lowest BCUT2D eigenvalue weighted by Crippen LogP contribution is -2.52. The lowest BCUT2D eigenvalue weighted by atomic mass is 9.77. The fourth-order valence-corrected chi connectivity index (χ4v) is 5.83. The van der Waals surface area contributed by atoms with Gasteiger partial charge in [-0.3, -0.25) is 15.0 Å². The van der Waals surface area contributed by atoms with Crippen LogP contribution in [0.25, 0.3) is 0 Å². The summed E-state index contributed by atoms with van der Waals surface area (Å²) in [6.45, 7) is 12.6. The van der Waals surface area contributed by atoms with Gasteiger partial charge in [0.2, 0.25) is 0 Å². The van der Waals surface area contributed by atoms with Crippen molar-refractivity contribution in [3.63, 3.8) is 0 Å². The normalized spacial score (nSPS) is 15.7. The van der Waals surface area contributed by atoms with Crippen molar-refractivity contribution in [1.29, 1.82) is 0 Å². The zero-order valence-electron chi connectivity index (χ0n) is 27.1. The number of hydrogen-bond acceptors (Lipinski definition) is 7. The van der Waals surface area contributed by atoms with Gasteiger partial charge in [0, 0.05) is 28.8 Å². The van der Waals surface area contributed by atoms with E-state index in [2.05, 4.69) is 5.43 Å². The standard InChI is InChI=1S/C35H45BN2O7/c1-23-20-24(2)22-27(21-23)34(40)38(32(35(4,5)6)26-12-8-7-9-13-26)37-33(39)28-15-16-29(36(41)42)31(25(28)3)45-19-18-44-30-14-10-11-17-43-30/h7-9,12-13,15-16,20-22,30,32,41-42H,10-11,14,17-19H2,1-6H3,(H,37,39). The van der Waals surface area contributed by atoms with Crippen LogP contribution in [-0.4, -0.2) is 60.1 Å². The number of nitrogens with zero attached hydrogens (tertiary/aromatic N) is 1. The second-order valence-electron chi connectivity index (χ2n) is 12.7. The Morgan fingerprint density at radius 1 is 1.00 bits per heavy atom. The molecule has 1 aliphatic rings. The molecule has 0 spiro atoms. The number of ether oxygens (including phenoxy) is 3. The first-order chi connectivity index (χ1) is 21.4. The van der Waals surface area contributed by atoms with Gasteiger partial charge in [-0.2, -0.15) is 0 Å². The van der Waals surface area contributed by atoms with Crippen molar-refractivity contribution in [2.75, 3.05) is 19.8 Å². The second-order valence-corrected chi connectivity index (χ2v) is 12.7. The summed E-state index contributed by atoms with van der Waals surface area (Å²) >= 11 is 0. The first kappa shape index (κ1) is 34.2. The van der Waals surface area contributed by atoms with E-state index in [1.54, 1.807) is 6.92 Å². The van der Waals surface area contributed by atoms with E-state index in [0.29, 0.717) is 17.7 Å². The fourth-order valence-electron chi connectivity index (χ4n) is 5.83. The number of nitrogens with one attached hydrogen (secondary N) is 1. The number of carbonyl (C=O) groups is 2. The smallest absolute Gasteiger partial charge is 0.491 e. The monoisotopic (exact) mass is 616 g/mol. The molecule has 0 saturated carbocycles. The van der Waals surface area contributed by atoms with Crippen molar-refractivity contribution >= 4 is 24.4 Å². The molecule has 2 amide bonds. The molecule has 9 nitrogen and oxygen atoms in total. The Morgan fingerprint density at radius 2 is 1.69 bits per heavy atom. The summed E-state index contributed by atoms with van der Waals surface area (Å²) < 4.78 is 17.3. The summed E-state index contributed by atoms with van der Waals surface area (Å²) in [6, 6.07) is 17.7. The number of hydrogen-bond donors (Lipinski definition) is 3. The van der Waals surface area contributed by atoms with Crippen LogP contribution in [0.15, 0.2) is 60.7 Å². The number of benzene rings is 3. The minimum atomic E-state index is -1.82. The third-order valence-corrected chi connectivity index (χ3v) is 7.83. The van der Waals surface area contributed by atoms with E-state index < -0.39 is 24.5 Å². The Kier molecular flexibility index (Phi) is 11.4. The summed E-state index contributed by atoms with van der Waals surface area (Å²) in [6.07, 6.45) is 2.57. The van der Waals surface area contributed by atoms with Crippen molar-refractivity contribution in [3.8, 4) is 5.75 Å². The SMILES string of the molecule is Cc1cc(C)cc(C(=O)N(NC(=O)c2ccc(B(O)O)c(OCCOC3CCCCO3)c2C)C(c2ccccc2)C(C)(C)C)c1. The molecule has 1 fully saturated rings. The van der Waals surface area contributed by atoms with Crippen molar-refractivity contribution in [3.05, 3.63) is 94.0 Å². The maximum atomic E-state index is 14.3. The Labute approximate surface area is 266 Å². The van der Waals surface area contributed by atoms with Crippen LogP contribution in [0.4, 0.5) is 0 Å². The molecular formula is C35H45BN2O7. The average Bonchev–Trinajstić information content (AvgIpc) is 2.98. The van der Waals surface area contributed by atoms with Gasteiger partial charge in [-0.05, 0) is 69.2 Å². The largest absolute Gasteiger partial charge is 0.492 e. The molecule has 3 aromatic rings. The summed E-state index contributed by atoms with van der Waals surface area (Å²) in [5, 5.41) is 21.5. The highest BCUT2D eigenvalue weighted by Gasteiger charge is 2.37. The van der Waals surface area contributed by atoms with Gasteiger partial charge in [-0.25, -0.2) is 5.01 Å². The van der Waals surface area contributed by atoms with E-state index in [4.69, 9.17) is 14.2 Å². The molecule has 0 bridgehead atoms. The maximum Gasteiger partial charge on any atom is 0.492 e. The van der Waals surface area contributed by atoms with Crippen LogP contribution >= 0.6 is 0 Å². The number of amides is 2. The molecule has 2 atom stereocenters. The lowest BCUT2D eigenvalue weighted by molar-refractivity contribution is -0.165. The zero-order valence-corrected chi connectivity index (χ0v) is 27.1.